The number of pyridine rings is 4. The summed E-state index contributed by atoms with van der Waals surface area (Å²) in [5.74, 6) is 0. The minimum Gasteiger partial charge on any atom is -0.400 e. The van der Waals surface area contributed by atoms with Crippen LogP contribution in [0.15, 0.2) is 156 Å². The van der Waals surface area contributed by atoms with Crippen LogP contribution >= 0.6 is 0 Å². The number of nitrogens with one attached hydrogen (secondary N) is 2. The molecule has 17 rings (SSSR count). The Morgan fingerprint density at radius 3 is 1.79 bits per heavy atom. The van der Waals surface area contributed by atoms with Gasteiger partial charge in [0.25, 0.3) is 0 Å². The first kappa shape index (κ1) is 40.6. The molecule has 0 spiro atoms. The number of fused-ring (bicyclic) bond motifs is 18. The first-order valence-electron chi connectivity index (χ1n) is 24.4. The van der Waals surface area contributed by atoms with Crippen LogP contribution in [0.2, 0.25) is 0 Å². The lowest BCUT2D eigenvalue weighted by atomic mass is 10.0. The minimum absolute atomic E-state index is 0.0973. The van der Waals surface area contributed by atoms with E-state index in [2.05, 4.69) is 162 Å². The smallest absolute Gasteiger partial charge is 0.0996 e. The number of hydrogen-bond donors (Lipinski definition) is 3. The van der Waals surface area contributed by atoms with Crippen molar-refractivity contribution in [2.45, 2.75) is 26.3 Å². The quantitative estimate of drug-likeness (QED) is 0.0997. The van der Waals surface area contributed by atoms with E-state index < -0.39 is 0 Å². The number of H-pyrrole nitrogens is 1. The highest BCUT2D eigenvalue weighted by molar-refractivity contribution is 6.27. The molecule has 1 unspecified atom stereocenters. The van der Waals surface area contributed by atoms with Gasteiger partial charge in [0, 0.05) is 77.7 Å². The second-order valence-corrected chi connectivity index (χ2v) is 18.4. The molecule has 3 N–H and O–H groups in total. The molecule has 11 heteroatoms. The molecule has 0 aliphatic carbocycles. The first-order chi connectivity index (χ1) is 35.6. The predicted molar refractivity (Wildman–Crippen MR) is 293 cm³/mol. The maximum Gasteiger partial charge on any atom is 0.0996 e. The highest BCUT2D eigenvalue weighted by atomic mass is 16.2. The van der Waals surface area contributed by atoms with E-state index in [1.54, 1.807) is 0 Å². The number of allylic oxidation sites excluding steroid dienone is 1. The Labute approximate surface area is 409 Å². The van der Waals surface area contributed by atoms with Crippen LogP contribution in [0, 0.1) is 0 Å². The minimum atomic E-state index is 0.0973. The zero-order valence-electron chi connectivity index (χ0n) is 39.2. The maximum absolute atomic E-state index is 7.00. The molecule has 0 radical (unpaired) electrons. The summed E-state index contributed by atoms with van der Waals surface area (Å²) in [6.45, 7) is 4.00. The van der Waals surface area contributed by atoms with Crippen molar-refractivity contribution in [3.05, 3.63) is 167 Å². The van der Waals surface area contributed by atoms with Gasteiger partial charge in [-0.25, -0.2) is 39.9 Å². The van der Waals surface area contributed by atoms with Crippen LogP contribution in [-0.2, 0) is 6.42 Å². The number of aliphatic hydroxyl groups is 1. The third-order valence-corrected chi connectivity index (χ3v) is 14.5. The highest BCUT2D eigenvalue weighted by Gasteiger charge is 2.26. The number of benzene rings is 6. The van der Waals surface area contributed by atoms with Gasteiger partial charge in [0.1, 0.15) is 0 Å². The third kappa shape index (κ3) is 5.70. The lowest BCUT2D eigenvalue weighted by Crippen LogP contribution is -2.23. The van der Waals surface area contributed by atoms with Crippen molar-refractivity contribution in [2.75, 3.05) is 12.4 Å². The molecule has 0 saturated heterocycles. The fraction of sp³-hybridized carbons (Fsp3) is 0.0820. The van der Waals surface area contributed by atoms with Crippen LogP contribution < -0.4 is 15.9 Å². The Morgan fingerprint density at radius 2 is 1.07 bits per heavy atom. The number of nitrogens with zero attached hydrogens (tertiary/aromatic N) is 8. The molecule has 0 fully saturated rings. The number of rotatable bonds is 0. The van der Waals surface area contributed by atoms with Crippen LogP contribution in [0.3, 0.4) is 0 Å². The maximum atomic E-state index is 7.00. The van der Waals surface area contributed by atoms with Crippen molar-refractivity contribution in [1.29, 1.82) is 0 Å². The van der Waals surface area contributed by atoms with Crippen LogP contribution in [0.1, 0.15) is 19.4 Å². The molecule has 6 aromatic carbocycles. The second kappa shape index (κ2) is 15.1. The van der Waals surface area contributed by atoms with E-state index in [-0.39, 0.29) is 6.04 Å². The van der Waals surface area contributed by atoms with E-state index in [1.807, 2.05) is 13.8 Å². The molecule has 72 heavy (non-hydrogen) atoms. The molecule has 14 aromatic rings. The van der Waals surface area contributed by atoms with Gasteiger partial charge in [0.05, 0.1) is 100 Å². The molecule has 1 atom stereocenters. The fourth-order valence-corrected chi connectivity index (χ4v) is 11.5. The van der Waals surface area contributed by atoms with E-state index in [0.717, 1.165) is 178 Å². The van der Waals surface area contributed by atoms with Gasteiger partial charge in [-0.05, 0) is 90.9 Å². The van der Waals surface area contributed by atoms with Crippen LogP contribution in [0.5, 0.6) is 0 Å². The summed E-state index contributed by atoms with van der Waals surface area (Å²) in [5, 5.41) is 20.4. The first-order valence-corrected chi connectivity index (χ1v) is 24.4. The molecule has 340 valence electrons. The lowest BCUT2D eigenvalue weighted by molar-refractivity contribution is 0.399. The van der Waals surface area contributed by atoms with Crippen LogP contribution in [0.25, 0.3) is 149 Å². The second-order valence-electron chi connectivity index (χ2n) is 18.4. The standard InChI is InChI=1S/C58H30N10.C2H6.CH4O/c1-5-27-21-31-25-32-22-28-6-2-10-36(48(28)60-32)44-18-14-40-52(64-44)51-39(13-17-43(63-51)35(9-1)47(27)59-31)55-56(40)68-58-42-16-20-46-38-12-4-8-30-24-34(62-50(30)38)26-33-23-29-7-3-11-37(49(29)61-33)45-19-15-41(57(58)67-55)53(65-45)54(42)66-46;2*1-2/h1-23,25-26,34,59,62H,24H2;1-2H3;2H,1H3/b32-25?,33-26-;;. The van der Waals surface area contributed by atoms with E-state index in [4.69, 9.17) is 45.0 Å². The Hall–Kier alpha value is -9.32. The predicted octanol–water partition coefficient (Wildman–Crippen LogP) is 12.1. The number of anilines is 1. The Balaban J connectivity index is 0.00000113. The normalized spacial score (nSPS) is 15.1. The van der Waals surface area contributed by atoms with Gasteiger partial charge in [0.15, 0.2) is 0 Å². The van der Waals surface area contributed by atoms with Crippen LogP contribution in [-0.4, -0.2) is 58.1 Å². The zero-order chi connectivity index (χ0) is 47.9. The summed E-state index contributed by atoms with van der Waals surface area (Å²) in [5.41, 5.74) is 18.4. The molecule has 11 nitrogen and oxygen atoms in total. The van der Waals surface area contributed by atoms with Crippen molar-refractivity contribution in [1.82, 2.24) is 39.9 Å². The van der Waals surface area contributed by atoms with Crippen LogP contribution in [0.4, 0.5) is 5.69 Å². The molecule has 0 saturated carbocycles. The highest BCUT2D eigenvalue weighted by Crippen LogP contribution is 2.42. The van der Waals surface area contributed by atoms with Gasteiger partial charge in [-0.2, -0.15) is 0 Å². The largest absolute Gasteiger partial charge is 0.400 e. The Morgan fingerprint density at radius 1 is 0.486 bits per heavy atom. The van der Waals surface area contributed by atoms with Gasteiger partial charge in [-0.15, -0.1) is 0 Å². The fourth-order valence-electron chi connectivity index (χ4n) is 11.5. The number of aromatic nitrogens is 8. The zero-order valence-corrected chi connectivity index (χ0v) is 39.2. The van der Waals surface area contributed by atoms with Gasteiger partial charge in [-0.3, -0.25) is 0 Å². The lowest BCUT2D eigenvalue weighted by Gasteiger charge is -2.15. The van der Waals surface area contributed by atoms with Crippen molar-refractivity contribution in [2.24, 2.45) is 4.99 Å². The summed E-state index contributed by atoms with van der Waals surface area (Å²) in [7, 11) is 1.00. The number of aromatic amines is 1. The summed E-state index contributed by atoms with van der Waals surface area (Å²) in [6.07, 6.45) is 5.29. The summed E-state index contributed by atoms with van der Waals surface area (Å²) in [6, 6.07) is 49.0. The Kier molecular flexibility index (Phi) is 8.50. The van der Waals surface area contributed by atoms with E-state index in [0.29, 0.717) is 0 Å². The third-order valence-electron chi connectivity index (χ3n) is 14.5. The molecule has 3 aliphatic rings. The number of para-hydroxylation sites is 4. The molecule has 16 bridgehead atoms. The molecular formula is C61H40N10O. The average Bonchev–Trinajstić information content (AvgIpc) is 4.25. The van der Waals surface area contributed by atoms with Gasteiger partial charge in [-0.1, -0.05) is 86.6 Å². The van der Waals surface area contributed by atoms with Crippen molar-refractivity contribution in [3.8, 4) is 22.5 Å². The summed E-state index contributed by atoms with van der Waals surface area (Å²) in [4.78, 5) is 47.4. The Bertz CT molecular complexity index is 4950. The summed E-state index contributed by atoms with van der Waals surface area (Å²) >= 11 is 0. The molecule has 3 aliphatic heterocycles. The molecule has 8 aromatic heterocycles. The monoisotopic (exact) mass is 928 g/mol. The topological polar surface area (TPSA) is 151 Å². The van der Waals surface area contributed by atoms with Crippen molar-refractivity contribution < 1.29 is 5.11 Å². The molecular weight excluding hydrogens is 889 g/mol. The SMILES string of the molecule is C1=c2cccc3c2=N/C1=C\C1Cc2cccc(c2N1)-c1ccc2c(n1)c1nc-3ccc1c1nc3c4ccc5nc4c4nc(ccc4c3nc21)c1cccc2cc(cc3cc4cccc5c4[nH]3)nc21.CC.CO. The number of hydrogen-bond acceptors (Lipinski definition) is 10. The van der Waals surface area contributed by atoms with E-state index >= 15 is 0 Å². The van der Waals surface area contributed by atoms with E-state index in [9.17, 15) is 0 Å². The number of aliphatic hydroxyl groups excluding tert-OH is 1. The van der Waals surface area contributed by atoms with Gasteiger partial charge in [0.2, 0.25) is 0 Å². The van der Waals surface area contributed by atoms with Gasteiger partial charge >= 0.3 is 0 Å². The van der Waals surface area contributed by atoms with E-state index in [1.165, 1.54) is 5.56 Å². The summed E-state index contributed by atoms with van der Waals surface area (Å²) < 4.78 is 0. The molecule has 0 amide bonds. The van der Waals surface area contributed by atoms with Gasteiger partial charge < -0.3 is 15.4 Å². The average molecular weight is 929 g/mol. The van der Waals surface area contributed by atoms with Crippen molar-refractivity contribution in [3.63, 3.8) is 0 Å². The van der Waals surface area contributed by atoms with Crippen molar-refractivity contribution >= 4 is 132 Å². The molecule has 11 heterocycles.